The number of imidazole rings is 1. The summed E-state index contributed by atoms with van der Waals surface area (Å²) in [5.74, 6) is 1.12. The van der Waals surface area contributed by atoms with E-state index in [1.54, 1.807) is 10.5 Å². The summed E-state index contributed by atoms with van der Waals surface area (Å²) in [7, 11) is -3.33. The molecule has 0 bridgehead atoms. The van der Waals surface area contributed by atoms with Crippen molar-refractivity contribution in [3.8, 4) is 28.3 Å². The number of aromatic nitrogens is 4. The zero-order valence-corrected chi connectivity index (χ0v) is 26.0. The normalized spacial score (nSPS) is 17.5. The van der Waals surface area contributed by atoms with Crippen LogP contribution in [-0.2, 0) is 16.6 Å². The van der Waals surface area contributed by atoms with Gasteiger partial charge in [-0.3, -0.25) is 9.47 Å². The summed E-state index contributed by atoms with van der Waals surface area (Å²) >= 11 is 0. The van der Waals surface area contributed by atoms with Gasteiger partial charge in [0.2, 0.25) is 10.0 Å². The molecule has 0 atom stereocenters. The summed E-state index contributed by atoms with van der Waals surface area (Å²) in [6.45, 7) is 7.56. The molecule has 0 unspecified atom stereocenters. The molecule has 5 heterocycles. The molecular weight excluding hydrogens is 582 g/mol. The highest BCUT2D eigenvalue weighted by molar-refractivity contribution is 7.92. The predicted octanol–water partition coefficient (Wildman–Crippen LogP) is 5.88. The number of hydrogen-bond donors (Lipinski definition) is 1. The summed E-state index contributed by atoms with van der Waals surface area (Å²) in [4.78, 5) is 16.9. The van der Waals surface area contributed by atoms with Gasteiger partial charge in [0.15, 0.2) is 11.5 Å². The molecule has 5 aromatic rings. The van der Waals surface area contributed by atoms with E-state index in [9.17, 15) is 8.42 Å². The first-order valence-electron chi connectivity index (χ1n) is 15.4. The van der Waals surface area contributed by atoms with Crippen LogP contribution < -0.4 is 5.73 Å². The second-order valence-corrected chi connectivity index (χ2v) is 14.0. The zero-order valence-electron chi connectivity index (χ0n) is 25.2. The van der Waals surface area contributed by atoms with Gasteiger partial charge in [-0.05, 0) is 86.1 Å². The average molecular weight is 620 g/mol. The van der Waals surface area contributed by atoms with Gasteiger partial charge in [0.05, 0.1) is 11.3 Å². The third-order valence-electron chi connectivity index (χ3n) is 9.52. The number of anilines is 1. The molecule has 0 aliphatic carbocycles. The van der Waals surface area contributed by atoms with Gasteiger partial charge < -0.3 is 5.73 Å². The van der Waals surface area contributed by atoms with E-state index in [1.165, 1.54) is 5.56 Å². The molecule has 7 rings (SSSR count). The van der Waals surface area contributed by atoms with Crippen molar-refractivity contribution in [1.29, 1.82) is 0 Å². The Labute approximate surface area is 264 Å². The quantitative estimate of drug-likeness (QED) is 0.242. The van der Waals surface area contributed by atoms with Crippen LogP contribution in [0.25, 0.3) is 39.5 Å². The fourth-order valence-corrected chi connectivity index (χ4v) is 7.68. The minimum absolute atomic E-state index is 0.242. The van der Waals surface area contributed by atoms with Crippen molar-refractivity contribution >= 4 is 27.0 Å². The monoisotopic (exact) mass is 619 g/mol. The van der Waals surface area contributed by atoms with E-state index < -0.39 is 10.0 Å². The standard InChI is InChI=1S/C35H37N7O2S/c1-2-45(43,44)41-23-18-35(19-24-41)16-21-40(22-17-35)25-26-10-12-28(13-11-26)42-33(29-9-6-20-37-32(29)36)39-31-15-14-30(38-34(31)42)27-7-4-3-5-8-27/h2-15,20H,1,16-19,21-25H2,(H2,36,37). The van der Waals surface area contributed by atoms with Crippen LogP contribution >= 0.6 is 0 Å². The van der Waals surface area contributed by atoms with Crippen molar-refractivity contribution in [2.45, 2.75) is 32.2 Å². The number of pyridine rings is 2. The van der Waals surface area contributed by atoms with E-state index in [1.807, 2.05) is 42.5 Å². The smallest absolute Gasteiger partial charge is 0.235 e. The molecule has 2 aliphatic heterocycles. The molecule has 2 fully saturated rings. The maximum absolute atomic E-state index is 12.2. The Morgan fingerprint density at radius 1 is 0.844 bits per heavy atom. The van der Waals surface area contributed by atoms with E-state index >= 15 is 0 Å². The number of nitrogens with zero attached hydrogens (tertiary/aromatic N) is 6. The highest BCUT2D eigenvalue weighted by Gasteiger charge is 2.39. The van der Waals surface area contributed by atoms with Gasteiger partial charge in [-0.15, -0.1) is 0 Å². The summed E-state index contributed by atoms with van der Waals surface area (Å²) in [6, 6.07) is 26.6. The summed E-state index contributed by atoms with van der Waals surface area (Å²) < 4.78 is 28.1. The number of nitrogens with two attached hydrogens (primary N) is 1. The van der Waals surface area contributed by atoms with Crippen LogP contribution in [0.3, 0.4) is 0 Å². The summed E-state index contributed by atoms with van der Waals surface area (Å²) in [5.41, 5.74) is 13.0. The third kappa shape index (κ3) is 5.77. The fourth-order valence-electron chi connectivity index (χ4n) is 6.77. The fraction of sp³-hybridized carbons (Fsp3) is 0.286. The Morgan fingerprint density at radius 3 is 2.24 bits per heavy atom. The molecular formula is C35H37N7O2S. The molecule has 1 spiro atoms. The van der Waals surface area contributed by atoms with E-state index in [4.69, 9.17) is 15.7 Å². The van der Waals surface area contributed by atoms with Gasteiger partial charge in [-0.2, -0.15) is 4.31 Å². The molecule has 230 valence electrons. The predicted molar refractivity (Wildman–Crippen MR) is 179 cm³/mol. The molecule has 0 amide bonds. The highest BCUT2D eigenvalue weighted by atomic mass is 32.2. The van der Waals surface area contributed by atoms with Gasteiger partial charge in [0, 0.05) is 42.5 Å². The average Bonchev–Trinajstić information content (AvgIpc) is 3.46. The number of likely N-dealkylation sites (tertiary alicyclic amines) is 1. The van der Waals surface area contributed by atoms with Crippen LogP contribution in [0.5, 0.6) is 0 Å². The van der Waals surface area contributed by atoms with Crippen LogP contribution in [0.4, 0.5) is 5.82 Å². The molecule has 9 nitrogen and oxygen atoms in total. The van der Waals surface area contributed by atoms with E-state index in [0.717, 1.165) is 84.4 Å². The molecule has 2 N–H and O–H groups in total. The molecule has 0 radical (unpaired) electrons. The minimum Gasteiger partial charge on any atom is -0.383 e. The largest absolute Gasteiger partial charge is 0.383 e. The number of fused-ring (bicyclic) bond motifs is 1. The lowest BCUT2D eigenvalue weighted by Crippen LogP contribution is -2.47. The highest BCUT2D eigenvalue weighted by Crippen LogP contribution is 2.42. The van der Waals surface area contributed by atoms with Gasteiger partial charge in [-0.25, -0.2) is 23.4 Å². The minimum atomic E-state index is -3.33. The lowest BCUT2D eigenvalue weighted by Gasteiger charge is -2.46. The van der Waals surface area contributed by atoms with Crippen LogP contribution in [0, 0.1) is 5.41 Å². The maximum atomic E-state index is 12.2. The van der Waals surface area contributed by atoms with E-state index in [-0.39, 0.29) is 5.41 Å². The Kier molecular flexibility index (Phi) is 7.72. The first-order chi connectivity index (χ1) is 21.8. The Bertz CT molecular complexity index is 1940. The Morgan fingerprint density at radius 2 is 1.56 bits per heavy atom. The lowest BCUT2D eigenvalue weighted by molar-refractivity contribution is 0.0532. The molecule has 2 aromatic carbocycles. The molecule has 3 aromatic heterocycles. The van der Waals surface area contributed by atoms with Crippen molar-refractivity contribution in [2.75, 3.05) is 31.9 Å². The van der Waals surface area contributed by atoms with Crippen LogP contribution in [0.2, 0.25) is 0 Å². The van der Waals surface area contributed by atoms with Crippen molar-refractivity contribution in [3.05, 3.63) is 103 Å². The maximum Gasteiger partial charge on any atom is 0.235 e. The first-order valence-corrected chi connectivity index (χ1v) is 16.9. The Balaban J connectivity index is 1.12. The number of sulfonamides is 1. The van der Waals surface area contributed by atoms with Crippen molar-refractivity contribution in [1.82, 2.24) is 28.7 Å². The van der Waals surface area contributed by atoms with Gasteiger partial charge in [0.25, 0.3) is 0 Å². The molecule has 10 heteroatoms. The van der Waals surface area contributed by atoms with Crippen molar-refractivity contribution in [2.24, 2.45) is 5.41 Å². The zero-order chi connectivity index (χ0) is 31.0. The van der Waals surface area contributed by atoms with Crippen LogP contribution in [-0.4, -0.2) is 63.3 Å². The number of piperidine rings is 2. The number of hydrogen-bond acceptors (Lipinski definition) is 7. The lowest BCUT2D eigenvalue weighted by atomic mass is 9.71. The van der Waals surface area contributed by atoms with Gasteiger partial charge >= 0.3 is 0 Å². The first kappa shape index (κ1) is 29.3. The topological polar surface area (TPSA) is 110 Å². The Hall–Kier alpha value is -4.38. The second kappa shape index (κ2) is 11.8. The van der Waals surface area contributed by atoms with E-state index in [0.29, 0.717) is 24.7 Å². The van der Waals surface area contributed by atoms with Gasteiger partial charge in [-0.1, -0.05) is 49.0 Å². The van der Waals surface area contributed by atoms with Crippen LogP contribution in [0.15, 0.2) is 97.0 Å². The van der Waals surface area contributed by atoms with Crippen molar-refractivity contribution < 1.29 is 8.42 Å². The summed E-state index contributed by atoms with van der Waals surface area (Å²) in [6.07, 6.45) is 5.72. The summed E-state index contributed by atoms with van der Waals surface area (Å²) in [5, 5.41) is 1.07. The van der Waals surface area contributed by atoms with Gasteiger partial charge in [0.1, 0.15) is 11.3 Å². The van der Waals surface area contributed by atoms with Crippen molar-refractivity contribution in [3.63, 3.8) is 0 Å². The molecule has 0 saturated carbocycles. The second-order valence-electron chi connectivity index (χ2n) is 12.2. The number of rotatable bonds is 7. The molecule has 45 heavy (non-hydrogen) atoms. The number of benzene rings is 2. The molecule has 2 saturated heterocycles. The molecule has 2 aliphatic rings. The van der Waals surface area contributed by atoms with E-state index in [2.05, 4.69) is 57.4 Å². The van der Waals surface area contributed by atoms with Crippen LogP contribution in [0.1, 0.15) is 31.2 Å². The number of nitrogen functional groups attached to an aromatic ring is 1. The third-order valence-corrected chi connectivity index (χ3v) is 11.0. The SMILES string of the molecule is C=CS(=O)(=O)N1CCC2(CCN(Cc3ccc(-n4c(-c5cccnc5N)nc5ccc(-c6ccccc6)nc54)cc3)CC2)CC1.